The van der Waals surface area contributed by atoms with E-state index in [1.54, 1.807) is 0 Å². The summed E-state index contributed by atoms with van der Waals surface area (Å²) in [5, 5.41) is 7.05. The molecule has 3 fully saturated rings. The number of carbonyl (C=O) groups excluding carboxylic acids is 2. The van der Waals surface area contributed by atoms with E-state index in [-0.39, 0.29) is 30.7 Å². The van der Waals surface area contributed by atoms with Gasteiger partial charge in [-0.3, -0.25) is 4.79 Å². The number of piperidine rings is 2. The summed E-state index contributed by atoms with van der Waals surface area (Å²) in [4.78, 5) is 32.9. The zero-order chi connectivity index (χ0) is 21.2. The van der Waals surface area contributed by atoms with Gasteiger partial charge in [-0.15, -0.1) is 0 Å². The molecule has 5 rings (SSSR count). The Kier molecular flexibility index (Phi) is 5.59. The first-order valence-electron chi connectivity index (χ1n) is 11.0. The largest absolute Gasteiger partial charge is 0.366 e. The molecule has 0 bridgehead atoms. The average Bonchev–Trinajstić information content (AvgIpc) is 3.28. The monoisotopic (exact) mass is 425 g/mol. The number of aromatic nitrogens is 2. The molecular weight excluding hydrogens is 398 g/mol. The van der Waals surface area contributed by atoms with Crippen LogP contribution < -0.4 is 5.32 Å². The topological polar surface area (TPSA) is 101 Å². The van der Waals surface area contributed by atoms with Gasteiger partial charge in [-0.2, -0.15) is 4.98 Å². The molecule has 3 aliphatic rings. The summed E-state index contributed by atoms with van der Waals surface area (Å²) < 4.78 is 11.0. The van der Waals surface area contributed by atoms with Crippen LogP contribution in [-0.2, 0) is 16.0 Å². The normalized spacial score (nSPS) is 24.6. The minimum atomic E-state index is -0.104. The van der Waals surface area contributed by atoms with E-state index in [9.17, 15) is 9.59 Å². The first kappa shape index (κ1) is 20.0. The molecule has 0 radical (unpaired) electrons. The van der Waals surface area contributed by atoms with Gasteiger partial charge in [0.25, 0.3) is 0 Å². The number of carbonyl (C=O) groups is 2. The lowest BCUT2D eigenvalue weighted by Crippen LogP contribution is -2.62. The summed E-state index contributed by atoms with van der Waals surface area (Å²) in [5.74, 6) is 1.59. The van der Waals surface area contributed by atoms with Crippen LogP contribution in [0.25, 0.3) is 11.4 Å². The van der Waals surface area contributed by atoms with Gasteiger partial charge in [0.1, 0.15) is 6.61 Å². The summed E-state index contributed by atoms with van der Waals surface area (Å²) in [6, 6.07) is 9.75. The number of nitrogens with zero attached hydrogens (tertiary/aromatic N) is 4. The number of ether oxygens (including phenoxy) is 1. The van der Waals surface area contributed by atoms with E-state index in [4.69, 9.17) is 9.26 Å². The number of amides is 3. The third kappa shape index (κ3) is 4.41. The molecule has 2 aromatic rings. The second-order valence-electron chi connectivity index (χ2n) is 8.55. The lowest BCUT2D eigenvalue weighted by Gasteiger charge is -2.43. The molecule has 0 spiro atoms. The molecule has 9 nitrogen and oxygen atoms in total. The highest BCUT2D eigenvalue weighted by atomic mass is 16.5. The highest BCUT2D eigenvalue weighted by Crippen LogP contribution is 2.25. The Morgan fingerprint density at radius 2 is 1.87 bits per heavy atom. The van der Waals surface area contributed by atoms with Gasteiger partial charge in [-0.1, -0.05) is 35.5 Å². The lowest BCUT2D eigenvalue weighted by molar-refractivity contribution is -0.139. The van der Waals surface area contributed by atoms with Crippen molar-refractivity contribution in [1.82, 2.24) is 25.3 Å². The second-order valence-corrected chi connectivity index (χ2v) is 8.55. The van der Waals surface area contributed by atoms with Gasteiger partial charge < -0.3 is 24.4 Å². The van der Waals surface area contributed by atoms with Crippen LogP contribution in [0.15, 0.2) is 34.9 Å². The van der Waals surface area contributed by atoms with Crippen LogP contribution in [-0.4, -0.2) is 76.8 Å². The molecule has 0 unspecified atom stereocenters. The Hall–Kier alpha value is -2.94. The fourth-order valence-corrected chi connectivity index (χ4v) is 4.69. The van der Waals surface area contributed by atoms with Crippen LogP contribution in [0.2, 0.25) is 0 Å². The molecule has 2 atom stereocenters. The van der Waals surface area contributed by atoms with Gasteiger partial charge in [-0.05, 0) is 25.2 Å². The van der Waals surface area contributed by atoms with E-state index in [2.05, 4.69) is 15.5 Å². The Morgan fingerprint density at radius 1 is 1.10 bits per heavy atom. The van der Waals surface area contributed by atoms with Crippen LogP contribution in [0.5, 0.6) is 0 Å². The Labute approximate surface area is 180 Å². The van der Waals surface area contributed by atoms with Crippen molar-refractivity contribution in [1.29, 1.82) is 0 Å². The van der Waals surface area contributed by atoms with E-state index < -0.39 is 0 Å². The van der Waals surface area contributed by atoms with E-state index in [0.29, 0.717) is 30.7 Å². The molecule has 3 aliphatic heterocycles. The molecule has 0 aliphatic carbocycles. The van der Waals surface area contributed by atoms with Crippen LogP contribution >= 0.6 is 0 Å². The fourth-order valence-electron chi connectivity index (χ4n) is 4.69. The van der Waals surface area contributed by atoms with Crippen molar-refractivity contribution in [3.8, 4) is 11.4 Å². The van der Waals surface area contributed by atoms with Crippen LogP contribution in [0, 0.1) is 5.92 Å². The summed E-state index contributed by atoms with van der Waals surface area (Å²) in [6.07, 6.45) is 3.33. The van der Waals surface area contributed by atoms with Gasteiger partial charge in [0, 0.05) is 38.2 Å². The number of urea groups is 1. The quantitative estimate of drug-likeness (QED) is 0.803. The van der Waals surface area contributed by atoms with E-state index >= 15 is 0 Å². The van der Waals surface area contributed by atoms with Crippen molar-refractivity contribution in [3.05, 3.63) is 36.2 Å². The SMILES string of the molecule is O=C1CO[C@H]2CCN(C(=O)N3CCC(Cc4nc(-c5ccccc5)no4)CC3)C[C@H]2N1. The molecule has 4 heterocycles. The van der Waals surface area contributed by atoms with Crippen molar-refractivity contribution in [2.75, 3.05) is 32.8 Å². The van der Waals surface area contributed by atoms with Gasteiger partial charge in [0.2, 0.25) is 17.6 Å². The number of hydrogen-bond donors (Lipinski definition) is 1. The third-order valence-corrected chi connectivity index (χ3v) is 6.44. The van der Waals surface area contributed by atoms with Crippen molar-refractivity contribution in [2.24, 2.45) is 5.92 Å². The highest BCUT2D eigenvalue weighted by molar-refractivity contribution is 5.79. The molecule has 1 N–H and O–H groups in total. The Morgan fingerprint density at radius 3 is 2.68 bits per heavy atom. The molecule has 164 valence electrons. The minimum Gasteiger partial charge on any atom is -0.366 e. The first-order valence-corrected chi connectivity index (χ1v) is 11.0. The van der Waals surface area contributed by atoms with E-state index in [1.165, 1.54) is 0 Å². The summed E-state index contributed by atoms with van der Waals surface area (Å²) in [5.41, 5.74) is 0.946. The van der Waals surface area contributed by atoms with Gasteiger partial charge in [0.05, 0.1) is 12.1 Å². The Bertz CT molecular complexity index is 925. The van der Waals surface area contributed by atoms with Gasteiger partial charge in [0.15, 0.2) is 0 Å². The summed E-state index contributed by atoms with van der Waals surface area (Å²) in [7, 11) is 0. The molecule has 31 heavy (non-hydrogen) atoms. The summed E-state index contributed by atoms with van der Waals surface area (Å²) in [6.45, 7) is 2.74. The smallest absolute Gasteiger partial charge is 0.320 e. The zero-order valence-electron chi connectivity index (χ0n) is 17.4. The molecule has 1 aromatic heterocycles. The number of benzene rings is 1. The zero-order valence-corrected chi connectivity index (χ0v) is 17.4. The van der Waals surface area contributed by atoms with E-state index in [0.717, 1.165) is 44.3 Å². The number of rotatable bonds is 3. The molecule has 3 amide bonds. The van der Waals surface area contributed by atoms with Crippen LogP contribution in [0.3, 0.4) is 0 Å². The number of fused-ring (bicyclic) bond motifs is 1. The van der Waals surface area contributed by atoms with Crippen LogP contribution in [0.4, 0.5) is 4.79 Å². The van der Waals surface area contributed by atoms with Crippen molar-refractivity contribution < 1.29 is 18.8 Å². The Balaban J connectivity index is 1.12. The van der Waals surface area contributed by atoms with Crippen molar-refractivity contribution in [2.45, 2.75) is 37.8 Å². The molecule has 9 heteroatoms. The fraction of sp³-hybridized carbons (Fsp3) is 0.545. The molecular formula is C22H27N5O4. The van der Waals surface area contributed by atoms with Crippen molar-refractivity contribution >= 4 is 11.9 Å². The maximum atomic E-state index is 13.0. The summed E-state index contributed by atoms with van der Waals surface area (Å²) >= 11 is 0. The predicted octanol–water partition coefficient (Wildman–Crippen LogP) is 1.70. The highest BCUT2D eigenvalue weighted by Gasteiger charge is 2.38. The number of hydrogen-bond acceptors (Lipinski definition) is 6. The molecule has 1 aromatic carbocycles. The second kappa shape index (κ2) is 8.66. The predicted molar refractivity (Wildman–Crippen MR) is 111 cm³/mol. The molecule has 0 saturated carbocycles. The van der Waals surface area contributed by atoms with Gasteiger partial charge >= 0.3 is 6.03 Å². The lowest BCUT2D eigenvalue weighted by atomic mass is 9.93. The average molecular weight is 425 g/mol. The van der Waals surface area contributed by atoms with Crippen molar-refractivity contribution in [3.63, 3.8) is 0 Å². The van der Waals surface area contributed by atoms with Gasteiger partial charge in [-0.25, -0.2) is 4.79 Å². The van der Waals surface area contributed by atoms with Crippen LogP contribution in [0.1, 0.15) is 25.2 Å². The third-order valence-electron chi connectivity index (χ3n) is 6.44. The number of likely N-dealkylation sites (tertiary alicyclic amines) is 2. The first-order chi connectivity index (χ1) is 15.2. The maximum absolute atomic E-state index is 13.0. The maximum Gasteiger partial charge on any atom is 0.320 e. The standard InChI is InChI=1S/C22H27N5O4/c28-19-14-30-18-8-11-27(13-17(18)23-19)22(29)26-9-6-15(7-10-26)12-20-24-21(25-31-20)16-4-2-1-3-5-16/h1-5,15,17-18H,6-14H2,(H,23,28)/t17-,18+/m1/s1. The molecule has 3 saturated heterocycles. The number of morpholine rings is 1. The minimum absolute atomic E-state index is 0.0164. The number of nitrogens with one attached hydrogen (secondary N) is 1. The van der Waals surface area contributed by atoms with E-state index in [1.807, 2.05) is 40.1 Å².